The number of aromatic nitrogens is 2. The van der Waals surface area contributed by atoms with E-state index < -0.39 is 48.1 Å². The van der Waals surface area contributed by atoms with E-state index in [0.29, 0.717) is 27.4 Å². The van der Waals surface area contributed by atoms with Gasteiger partial charge >= 0.3 is 0 Å². The van der Waals surface area contributed by atoms with Gasteiger partial charge in [-0.2, -0.15) is 0 Å². The summed E-state index contributed by atoms with van der Waals surface area (Å²) in [6, 6.07) is 18.2. The molecule has 0 aliphatic carbocycles. The van der Waals surface area contributed by atoms with Gasteiger partial charge in [-0.3, -0.25) is 14.6 Å². The minimum Gasteiger partial charge on any atom is -0.438 e. The Morgan fingerprint density at radius 3 is 2.35 bits per heavy atom. The van der Waals surface area contributed by atoms with Crippen molar-refractivity contribution < 1.29 is 27.9 Å². The molecule has 0 aliphatic heterocycles. The van der Waals surface area contributed by atoms with E-state index >= 15 is 0 Å². The summed E-state index contributed by atoms with van der Waals surface area (Å²) in [4.78, 5) is 35.4. The number of amides is 2. The van der Waals surface area contributed by atoms with Crippen LogP contribution in [0, 0.1) is 11.6 Å². The molecule has 3 atom stereocenters. The smallest absolute Gasteiger partial charge is 0.253 e. The first-order valence-corrected chi connectivity index (χ1v) is 13.9. The summed E-state index contributed by atoms with van der Waals surface area (Å²) in [6.07, 6.45) is -0.243. The van der Waals surface area contributed by atoms with E-state index in [-0.39, 0.29) is 23.4 Å². The maximum atomic E-state index is 14.6. The number of halogens is 3. The molecule has 2 heterocycles. The fourth-order valence-corrected chi connectivity index (χ4v) is 4.85. The lowest BCUT2D eigenvalue weighted by Crippen LogP contribution is -2.52. The van der Waals surface area contributed by atoms with Gasteiger partial charge in [0.2, 0.25) is 11.8 Å². The molecule has 0 fully saturated rings. The summed E-state index contributed by atoms with van der Waals surface area (Å²) < 4.78 is 34.8. The van der Waals surface area contributed by atoms with Gasteiger partial charge in [0.25, 0.3) is 5.91 Å². The number of aliphatic hydroxyl groups excluding tert-OH is 1. The average molecular weight is 605 g/mol. The average Bonchev–Trinajstić information content (AvgIpc) is 3.45. The highest BCUT2D eigenvalue weighted by molar-refractivity contribution is 6.33. The number of aliphatic hydroxyl groups is 1. The van der Waals surface area contributed by atoms with Gasteiger partial charge in [0.05, 0.1) is 17.3 Å². The molecule has 220 valence electrons. The molecule has 11 heteroatoms. The Bertz CT molecular complexity index is 1710. The molecule has 3 aromatic carbocycles. The van der Waals surface area contributed by atoms with Gasteiger partial charge in [-0.25, -0.2) is 13.8 Å². The van der Waals surface area contributed by atoms with E-state index in [0.717, 1.165) is 12.1 Å². The summed E-state index contributed by atoms with van der Waals surface area (Å²) >= 11 is 6.25. The van der Waals surface area contributed by atoms with Crippen LogP contribution in [-0.4, -0.2) is 39.0 Å². The number of carbonyl (C=O) groups excluding carboxylic acids is 2. The summed E-state index contributed by atoms with van der Waals surface area (Å²) in [5.74, 6) is -3.19. The van der Waals surface area contributed by atoms with Crippen LogP contribution >= 0.6 is 11.6 Å². The normalized spacial score (nSPS) is 13.3. The lowest BCUT2D eigenvalue weighted by molar-refractivity contribution is -0.124. The molecule has 0 aliphatic rings. The molecular formula is C32H27ClF2N4O4. The van der Waals surface area contributed by atoms with E-state index in [4.69, 9.17) is 16.0 Å². The van der Waals surface area contributed by atoms with Crippen LogP contribution in [0.5, 0.6) is 0 Å². The van der Waals surface area contributed by atoms with Crippen molar-refractivity contribution in [1.29, 1.82) is 0 Å². The largest absolute Gasteiger partial charge is 0.438 e. The number of pyridine rings is 1. The van der Waals surface area contributed by atoms with Crippen LogP contribution in [0.2, 0.25) is 5.02 Å². The summed E-state index contributed by atoms with van der Waals surface area (Å²) in [6.45, 7) is 1.73. The molecule has 0 saturated carbocycles. The molecular weight excluding hydrogens is 578 g/mol. The molecule has 3 N–H and O–H groups in total. The number of benzene rings is 3. The number of carbonyl (C=O) groups is 2. The van der Waals surface area contributed by atoms with Crippen LogP contribution in [0.4, 0.5) is 8.78 Å². The quantitative estimate of drug-likeness (QED) is 0.186. The Morgan fingerprint density at radius 2 is 1.67 bits per heavy atom. The van der Waals surface area contributed by atoms with Gasteiger partial charge in [-0.05, 0) is 48.9 Å². The van der Waals surface area contributed by atoms with Crippen LogP contribution in [-0.2, 0) is 11.2 Å². The molecule has 0 bridgehead atoms. The number of rotatable bonds is 10. The Hall–Kier alpha value is -4.67. The van der Waals surface area contributed by atoms with Gasteiger partial charge in [-0.1, -0.05) is 54.9 Å². The van der Waals surface area contributed by atoms with Crippen molar-refractivity contribution in [3.05, 3.63) is 119 Å². The topological polar surface area (TPSA) is 117 Å². The first kappa shape index (κ1) is 29.8. The first-order chi connectivity index (χ1) is 20.7. The van der Waals surface area contributed by atoms with E-state index in [9.17, 15) is 23.5 Å². The van der Waals surface area contributed by atoms with Gasteiger partial charge in [0.15, 0.2) is 11.7 Å². The number of hydrogen-bond acceptors (Lipinski definition) is 6. The second-order valence-corrected chi connectivity index (χ2v) is 10.2. The predicted molar refractivity (Wildman–Crippen MR) is 157 cm³/mol. The van der Waals surface area contributed by atoms with Crippen molar-refractivity contribution >= 4 is 34.5 Å². The summed E-state index contributed by atoms with van der Waals surface area (Å²) in [7, 11) is 0. The Balaban J connectivity index is 1.37. The fraction of sp³-hybridized carbons (Fsp3) is 0.188. The number of para-hydroxylation sites is 2. The van der Waals surface area contributed by atoms with Crippen molar-refractivity contribution in [1.82, 2.24) is 20.6 Å². The minimum absolute atomic E-state index is 0.00114. The molecule has 0 spiro atoms. The SMILES string of the molecule is CC[C@H](NC(=O)[C@H](Cc1c(F)cccc1F)NC(=O)c1ccc(-c2ccccc2Cl)nc1)C(O)c1nc2ccccc2o1. The van der Waals surface area contributed by atoms with E-state index in [1.165, 1.54) is 18.3 Å². The van der Waals surface area contributed by atoms with Gasteiger partial charge in [0, 0.05) is 28.8 Å². The van der Waals surface area contributed by atoms with E-state index in [2.05, 4.69) is 20.6 Å². The van der Waals surface area contributed by atoms with Crippen molar-refractivity contribution in [2.45, 2.75) is 38.0 Å². The number of nitrogens with zero attached hydrogens (tertiary/aromatic N) is 2. The predicted octanol–water partition coefficient (Wildman–Crippen LogP) is 5.79. The molecule has 1 unspecified atom stereocenters. The third kappa shape index (κ3) is 6.71. The molecule has 0 radical (unpaired) electrons. The highest BCUT2D eigenvalue weighted by atomic mass is 35.5. The summed E-state index contributed by atoms with van der Waals surface area (Å²) in [5, 5.41) is 16.7. The fourth-order valence-electron chi connectivity index (χ4n) is 4.61. The van der Waals surface area contributed by atoms with Crippen LogP contribution in [0.25, 0.3) is 22.4 Å². The lowest BCUT2D eigenvalue weighted by Gasteiger charge is -2.25. The van der Waals surface area contributed by atoms with E-state index in [1.54, 1.807) is 61.5 Å². The second kappa shape index (κ2) is 13.1. The monoisotopic (exact) mass is 604 g/mol. The molecule has 0 saturated heterocycles. The third-order valence-corrected chi connectivity index (χ3v) is 7.31. The number of hydrogen-bond donors (Lipinski definition) is 3. The van der Waals surface area contributed by atoms with Gasteiger partial charge in [0.1, 0.15) is 23.2 Å². The number of fused-ring (bicyclic) bond motifs is 1. The lowest BCUT2D eigenvalue weighted by atomic mass is 10.0. The highest BCUT2D eigenvalue weighted by Gasteiger charge is 2.31. The van der Waals surface area contributed by atoms with Crippen molar-refractivity contribution in [2.24, 2.45) is 0 Å². The maximum absolute atomic E-state index is 14.6. The summed E-state index contributed by atoms with van der Waals surface area (Å²) in [5.41, 5.74) is 1.94. The molecule has 5 rings (SSSR count). The minimum atomic E-state index is -1.41. The van der Waals surface area contributed by atoms with Crippen molar-refractivity contribution in [2.75, 3.05) is 0 Å². The zero-order valence-corrected chi connectivity index (χ0v) is 23.7. The standard InChI is InChI=1S/C32H27ClF2N4O4/c1-2-24(29(40)32-39-26-12-5-6-13-28(26)43-32)37-31(42)27(16-20-22(34)10-7-11-23(20)35)38-30(41)18-14-15-25(36-17-18)19-8-3-4-9-21(19)33/h3-15,17,24,27,29,40H,2,16H2,1H3,(H,37,42)(H,38,41)/t24-,27-,29?/m0/s1. The Labute approximate surface area is 250 Å². The van der Waals surface area contributed by atoms with Crippen molar-refractivity contribution in [3.63, 3.8) is 0 Å². The van der Waals surface area contributed by atoms with Crippen LogP contribution in [0.15, 0.2) is 89.5 Å². The van der Waals surface area contributed by atoms with E-state index in [1.807, 2.05) is 0 Å². The zero-order chi connectivity index (χ0) is 30.5. The van der Waals surface area contributed by atoms with Crippen LogP contribution in [0.3, 0.4) is 0 Å². The third-order valence-electron chi connectivity index (χ3n) is 6.98. The molecule has 5 aromatic rings. The van der Waals surface area contributed by atoms with Gasteiger partial charge < -0.3 is 20.2 Å². The van der Waals surface area contributed by atoms with Crippen LogP contribution < -0.4 is 10.6 Å². The van der Waals surface area contributed by atoms with Gasteiger partial charge in [-0.15, -0.1) is 0 Å². The maximum Gasteiger partial charge on any atom is 0.253 e. The molecule has 8 nitrogen and oxygen atoms in total. The molecule has 43 heavy (non-hydrogen) atoms. The number of oxazole rings is 1. The second-order valence-electron chi connectivity index (χ2n) is 9.83. The zero-order valence-electron chi connectivity index (χ0n) is 22.9. The van der Waals surface area contributed by atoms with Crippen LogP contribution in [0.1, 0.15) is 41.3 Å². The van der Waals surface area contributed by atoms with Crippen molar-refractivity contribution in [3.8, 4) is 11.3 Å². The number of nitrogens with one attached hydrogen (secondary N) is 2. The highest BCUT2D eigenvalue weighted by Crippen LogP contribution is 2.26. The Kier molecular flexibility index (Phi) is 9.08. The molecule has 2 aromatic heterocycles. The Morgan fingerprint density at radius 1 is 0.953 bits per heavy atom. The molecule has 2 amide bonds. The first-order valence-electron chi connectivity index (χ1n) is 13.5.